The Kier molecular flexibility index (Phi) is 4.33. The highest BCUT2D eigenvalue weighted by Gasteiger charge is 2.30. The number of amides is 1. The first-order valence-electron chi connectivity index (χ1n) is 6.39. The van der Waals surface area contributed by atoms with Crippen molar-refractivity contribution in [1.29, 1.82) is 0 Å². The van der Waals surface area contributed by atoms with E-state index in [0.29, 0.717) is 26.3 Å². The highest BCUT2D eigenvalue weighted by molar-refractivity contribution is 5.80. The summed E-state index contributed by atoms with van der Waals surface area (Å²) < 4.78 is 5.33. The molecule has 1 aromatic carbocycles. The fourth-order valence-electron chi connectivity index (χ4n) is 2.15. The molecule has 1 heterocycles. The number of benzene rings is 1. The fraction of sp³-hybridized carbons (Fsp3) is 0.500. The minimum absolute atomic E-state index is 0.0152. The molecular weight excluding hydrogens is 228 g/mol. The van der Waals surface area contributed by atoms with Gasteiger partial charge in [0.2, 0.25) is 5.91 Å². The van der Waals surface area contributed by atoms with Gasteiger partial charge in [0.15, 0.2) is 0 Å². The van der Waals surface area contributed by atoms with Crippen molar-refractivity contribution in [2.45, 2.75) is 20.0 Å². The van der Waals surface area contributed by atoms with Gasteiger partial charge in [-0.15, -0.1) is 0 Å². The molecule has 1 amide bonds. The third kappa shape index (κ3) is 2.89. The summed E-state index contributed by atoms with van der Waals surface area (Å²) in [4.78, 5) is 13.7. The summed E-state index contributed by atoms with van der Waals surface area (Å²) in [6.45, 7) is 6.34. The summed E-state index contributed by atoms with van der Waals surface area (Å²) in [5.41, 5.74) is 2.35. The molecule has 1 saturated heterocycles. The summed E-state index contributed by atoms with van der Waals surface area (Å²) in [6, 6.07) is 8.28. The van der Waals surface area contributed by atoms with E-state index in [0.717, 1.165) is 5.56 Å². The standard InChI is InChI=1S/C14H20N2O2/c1-3-18-9-8-16-13(17)10-15-14(16)12-6-4-11(2)5-7-12/h4-7,14-15H,3,8-10H2,1-2H3. The van der Waals surface area contributed by atoms with E-state index >= 15 is 0 Å². The maximum Gasteiger partial charge on any atom is 0.238 e. The number of rotatable bonds is 5. The zero-order valence-electron chi connectivity index (χ0n) is 11.0. The van der Waals surface area contributed by atoms with E-state index < -0.39 is 0 Å². The number of ether oxygens (including phenoxy) is 1. The van der Waals surface area contributed by atoms with Crippen molar-refractivity contribution in [3.63, 3.8) is 0 Å². The molecule has 0 aromatic heterocycles. The second-order valence-electron chi connectivity index (χ2n) is 4.48. The van der Waals surface area contributed by atoms with E-state index in [-0.39, 0.29) is 12.1 Å². The van der Waals surface area contributed by atoms with Crippen molar-refractivity contribution in [3.05, 3.63) is 35.4 Å². The van der Waals surface area contributed by atoms with Gasteiger partial charge in [-0.2, -0.15) is 0 Å². The van der Waals surface area contributed by atoms with Crippen LogP contribution in [-0.2, 0) is 9.53 Å². The van der Waals surface area contributed by atoms with Crippen molar-refractivity contribution in [2.75, 3.05) is 26.3 Å². The van der Waals surface area contributed by atoms with Crippen LogP contribution in [0.1, 0.15) is 24.2 Å². The summed E-state index contributed by atoms with van der Waals surface area (Å²) >= 11 is 0. The molecule has 0 bridgehead atoms. The molecule has 1 unspecified atom stereocenters. The van der Waals surface area contributed by atoms with E-state index in [1.165, 1.54) is 5.56 Å². The lowest BCUT2D eigenvalue weighted by Crippen LogP contribution is -2.33. The fourth-order valence-corrected chi connectivity index (χ4v) is 2.15. The molecule has 4 nitrogen and oxygen atoms in total. The normalized spacial score (nSPS) is 19.6. The molecule has 0 aliphatic carbocycles. The lowest BCUT2D eigenvalue weighted by Gasteiger charge is -2.24. The van der Waals surface area contributed by atoms with Crippen LogP contribution in [0.4, 0.5) is 0 Å². The van der Waals surface area contributed by atoms with Gasteiger partial charge in [-0.25, -0.2) is 0 Å². The molecule has 0 radical (unpaired) electrons. The van der Waals surface area contributed by atoms with Crippen LogP contribution < -0.4 is 5.32 Å². The van der Waals surface area contributed by atoms with Gasteiger partial charge >= 0.3 is 0 Å². The highest BCUT2D eigenvalue weighted by atomic mass is 16.5. The molecule has 18 heavy (non-hydrogen) atoms. The minimum atomic E-state index is -0.0152. The smallest absolute Gasteiger partial charge is 0.238 e. The van der Waals surface area contributed by atoms with Crippen LogP contribution in [0.3, 0.4) is 0 Å². The predicted molar refractivity (Wildman–Crippen MR) is 70.1 cm³/mol. The van der Waals surface area contributed by atoms with E-state index in [1.54, 1.807) is 0 Å². The maximum atomic E-state index is 11.8. The maximum absolute atomic E-state index is 11.8. The quantitative estimate of drug-likeness (QED) is 0.802. The zero-order chi connectivity index (χ0) is 13.0. The molecule has 2 rings (SSSR count). The molecule has 0 saturated carbocycles. The molecule has 98 valence electrons. The highest BCUT2D eigenvalue weighted by Crippen LogP contribution is 2.22. The van der Waals surface area contributed by atoms with Crippen LogP contribution in [-0.4, -0.2) is 37.1 Å². The number of hydrogen-bond donors (Lipinski definition) is 1. The number of nitrogens with one attached hydrogen (secondary N) is 1. The summed E-state index contributed by atoms with van der Waals surface area (Å²) in [7, 11) is 0. The Bertz CT molecular complexity index is 403. The van der Waals surface area contributed by atoms with Gasteiger partial charge in [-0.1, -0.05) is 29.8 Å². The molecule has 1 aliphatic heterocycles. The Morgan fingerprint density at radius 3 is 2.78 bits per heavy atom. The molecule has 1 aromatic rings. The van der Waals surface area contributed by atoms with Gasteiger partial charge in [0.05, 0.1) is 13.2 Å². The van der Waals surface area contributed by atoms with E-state index in [4.69, 9.17) is 4.74 Å². The minimum Gasteiger partial charge on any atom is -0.380 e. The Labute approximate surface area is 108 Å². The van der Waals surface area contributed by atoms with Gasteiger partial charge in [0.25, 0.3) is 0 Å². The van der Waals surface area contributed by atoms with Gasteiger partial charge in [0.1, 0.15) is 6.17 Å². The Morgan fingerprint density at radius 1 is 1.39 bits per heavy atom. The second kappa shape index (κ2) is 5.98. The lowest BCUT2D eigenvalue weighted by molar-refractivity contribution is -0.128. The third-order valence-electron chi connectivity index (χ3n) is 3.15. The molecule has 1 fully saturated rings. The molecule has 0 spiro atoms. The number of carbonyl (C=O) groups excluding carboxylic acids is 1. The van der Waals surface area contributed by atoms with Crippen LogP contribution in [0.15, 0.2) is 24.3 Å². The van der Waals surface area contributed by atoms with Crippen LogP contribution in [0.25, 0.3) is 0 Å². The number of carbonyl (C=O) groups is 1. The first kappa shape index (κ1) is 13.1. The molecule has 1 aliphatic rings. The average Bonchev–Trinajstić information content (AvgIpc) is 2.73. The zero-order valence-corrected chi connectivity index (χ0v) is 11.0. The Morgan fingerprint density at radius 2 is 2.11 bits per heavy atom. The van der Waals surface area contributed by atoms with Crippen molar-refractivity contribution >= 4 is 5.91 Å². The number of aryl methyl sites for hydroxylation is 1. The largest absolute Gasteiger partial charge is 0.380 e. The monoisotopic (exact) mass is 248 g/mol. The average molecular weight is 248 g/mol. The van der Waals surface area contributed by atoms with E-state index in [2.05, 4.69) is 36.5 Å². The Hall–Kier alpha value is -1.39. The first-order chi connectivity index (χ1) is 8.72. The third-order valence-corrected chi connectivity index (χ3v) is 3.15. The second-order valence-corrected chi connectivity index (χ2v) is 4.48. The van der Waals surface area contributed by atoms with Crippen LogP contribution in [0.5, 0.6) is 0 Å². The number of nitrogens with zero attached hydrogens (tertiary/aromatic N) is 1. The number of hydrogen-bond acceptors (Lipinski definition) is 3. The molecule has 1 atom stereocenters. The van der Waals surface area contributed by atoms with Crippen molar-refractivity contribution < 1.29 is 9.53 Å². The Balaban J connectivity index is 2.06. The molecular formula is C14H20N2O2. The molecule has 4 heteroatoms. The lowest BCUT2D eigenvalue weighted by atomic mass is 10.1. The summed E-state index contributed by atoms with van der Waals surface area (Å²) in [5, 5.41) is 3.24. The van der Waals surface area contributed by atoms with Gasteiger partial charge in [0, 0.05) is 13.2 Å². The SMILES string of the molecule is CCOCCN1C(=O)CNC1c1ccc(C)cc1. The topological polar surface area (TPSA) is 41.6 Å². The van der Waals surface area contributed by atoms with Crippen LogP contribution in [0.2, 0.25) is 0 Å². The predicted octanol–water partition coefficient (Wildman–Crippen LogP) is 1.46. The van der Waals surface area contributed by atoms with Crippen LogP contribution in [0, 0.1) is 6.92 Å². The molecule has 1 N–H and O–H groups in total. The summed E-state index contributed by atoms with van der Waals surface area (Å²) in [6.07, 6.45) is -0.0152. The van der Waals surface area contributed by atoms with E-state index in [9.17, 15) is 4.79 Å². The van der Waals surface area contributed by atoms with Gasteiger partial charge in [-0.3, -0.25) is 10.1 Å². The van der Waals surface area contributed by atoms with Gasteiger partial charge < -0.3 is 9.64 Å². The van der Waals surface area contributed by atoms with Crippen molar-refractivity contribution in [2.24, 2.45) is 0 Å². The summed E-state index contributed by atoms with van der Waals surface area (Å²) in [5.74, 6) is 0.139. The van der Waals surface area contributed by atoms with Gasteiger partial charge in [-0.05, 0) is 19.4 Å². The van der Waals surface area contributed by atoms with Crippen molar-refractivity contribution in [1.82, 2.24) is 10.2 Å². The van der Waals surface area contributed by atoms with E-state index in [1.807, 2.05) is 11.8 Å². The van der Waals surface area contributed by atoms with Crippen molar-refractivity contribution in [3.8, 4) is 0 Å². The first-order valence-corrected chi connectivity index (χ1v) is 6.39. The van der Waals surface area contributed by atoms with Crippen LogP contribution >= 0.6 is 0 Å².